The summed E-state index contributed by atoms with van der Waals surface area (Å²) in [5.41, 5.74) is 0. The summed E-state index contributed by atoms with van der Waals surface area (Å²) in [4.78, 5) is 37.5. The highest BCUT2D eigenvalue weighted by Gasteiger charge is 2.22. The Hall–Kier alpha value is -1.71. The number of carboxylic acids is 1. The molecular formula is C76H149NO8. The lowest BCUT2D eigenvalue weighted by Gasteiger charge is -2.26. The lowest BCUT2D eigenvalue weighted by atomic mass is 10.0. The van der Waals surface area contributed by atoms with Gasteiger partial charge in [-0.15, -0.1) is 0 Å². The van der Waals surface area contributed by atoms with Crippen molar-refractivity contribution < 1.29 is 42.9 Å². The molecule has 0 amide bonds. The van der Waals surface area contributed by atoms with Gasteiger partial charge in [0.15, 0.2) is 12.4 Å². The molecule has 0 aliphatic heterocycles. The third kappa shape index (κ3) is 69.6. The van der Waals surface area contributed by atoms with Gasteiger partial charge < -0.3 is 33.3 Å². The molecule has 0 N–H and O–H groups in total. The van der Waals surface area contributed by atoms with E-state index >= 15 is 0 Å². The normalized spacial score (nSPS) is 12.5. The Morgan fingerprint density at radius 1 is 0.306 bits per heavy atom. The van der Waals surface area contributed by atoms with Gasteiger partial charge in [0.2, 0.25) is 0 Å². The molecule has 0 aliphatic rings. The van der Waals surface area contributed by atoms with Crippen LogP contribution in [0.4, 0.5) is 0 Å². The zero-order chi connectivity index (χ0) is 61.9. The van der Waals surface area contributed by atoms with E-state index in [-0.39, 0.29) is 32.2 Å². The molecule has 0 fully saturated rings. The van der Waals surface area contributed by atoms with Gasteiger partial charge in [-0.1, -0.05) is 386 Å². The third-order valence-corrected chi connectivity index (χ3v) is 17.9. The molecule has 0 radical (unpaired) electrons. The van der Waals surface area contributed by atoms with Crippen LogP contribution >= 0.6 is 0 Å². The van der Waals surface area contributed by atoms with Gasteiger partial charge >= 0.3 is 11.9 Å². The number of carboxylic acid groups (broad SMARTS) is 1. The first-order valence-corrected chi connectivity index (χ1v) is 38.2. The summed E-state index contributed by atoms with van der Waals surface area (Å²) in [6.07, 6.45) is 79.4. The van der Waals surface area contributed by atoms with Crippen molar-refractivity contribution in [3.8, 4) is 0 Å². The predicted octanol–water partition coefficient (Wildman–Crippen LogP) is 22.5. The lowest BCUT2D eigenvalue weighted by Crippen LogP contribution is -2.44. The van der Waals surface area contributed by atoms with Gasteiger partial charge in [-0.05, 0) is 12.8 Å². The molecule has 0 aliphatic carbocycles. The lowest BCUT2D eigenvalue weighted by molar-refractivity contribution is -0.870. The van der Waals surface area contributed by atoms with E-state index in [1.54, 1.807) is 0 Å². The highest BCUT2D eigenvalue weighted by molar-refractivity contribution is 5.70. The summed E-state index contributed by atoms with van der Waals surface area (Å²) in [5, 5.41) is 11.8. The number of hydrogen-bond donors (Lipinski definition) is 0. The minimum Gasteiger partial charge on any atom is -0.545 e. The quantitative estimate of drug-likeness (QED) is 0.0256. The fourth-order valence-corrected chi connectivity index (χ4v) is 12.0. The van der Waals surface area contributed by atoms with Crippen molar-refractivity contribution in [3.05, 3.63) is 0 Å². The van der Waals surface area contributed by atoms with Crippen molar-refractivity contribution in [1.82, 2.24) is 0 Å². The molecule has 2 atom stereocenters. The zero-order valence-corrected chi connectivity index (χ0v) is 58.0. The summed E-state index contributed by atoms with van der Waals surface area (Å²) < 4.78 is 22.8. The van der Waals surface area contributed by atoms with Crippen molar-refractivity contribution in [3.63, 3.8) is 0 Å². The molecule has 0 rings (SSSR count). The SMILES string of the molecule is CCCCCCCCCCCCCCCCCCCCCCCCCCCCCCCCCCCCCCCCCC(=O)OC(COC(=O)CCCCCCCCCCCCCCCCCCCCCCC)COC(OCC[N+](C)(C)C)C(=O)[O-]. The van der Waals surface area contributed by atoms with Crippen LogP contribution in [0.2, 0.25) is 0 Å². The van der Waals surface area contributed by atoms with Gasteiger partial charge in [0.25, 0.3) is 0 Å². The molecule has 506 valence electrons. The van der Waals surface area contributed by atoms with Gasteiger partial charge in [0, 0.05) is 12.8 Å². The number of nitrogens with zero attached hydrogens (tertiary/aromatic N) is 1. The van der Waals surface area contributed by atoms with E-state index in [2.05, 4.69) is 13.8 Å². The van der Waals surface area contributed by atoms with Gasteiger partial charge in [0.05, 0.1) is 40.3 Å². The first-order chi connectivity index (χ1) is 41.6. The molecule has 0 saturated carbocycles. The molecule has 0 aromatic rings. The Morgan fingerprint density at radius 2 is 0.529 bits per heavy atom. The van der Waals surface area contributed by atoms with E-state index in [9.17, 15) is 19.5 Å². The number of ether oxygens (including phenoxy) is 4. The second kappa shape index (κ2) is 68.2. The molecule has 0 saturated heterocycles. The molecule has 0 spiro atoms. The van der Waals surface area contributed by atoms with Crippen molar-refractivity contribution >= 4 is 17.9 Å². The summed E-state index contributed by atoms with van der Waals surface area (Å²) >= 11 is 0. The maximum atomic E-state index is 12.9. The van der Waals surface area contributed by atoms with Crippen LogP contribution in [-0.2, 0) is 33.3 Å². The Kier molecular flexibility index (Phi) is 66.8. The van der Waals surface area contributed by atoms with Crippen LogP contribution in [0, 0.1) is 0 Å². The number of unbranched alkanes of at least 4 members (excludes halogenated alkanes) is 58. The fourth-order valence-electron chi connectivity index (χ4n) is 12.0. The van der Waals surface area contributed by atoms with E-state index in [1.807, 2.05) is 21.1 Å². The number of esters is 2. The van der Waals surface area contributed by atoms with Crippen LogP contribution in [0.1, 0.15) is 412 Å². The molecule has 0 aromatic carbocycles. The highest BCUT2D eigenvalue weighted by Crippen LogP contribution is 2.20. The van der Waals surface area contributed by atoms with Crippen LogP contribution in [0.5, 0.6) is 0 Å². The number of carbonyl (C=O) groups excluding carboxylic acids is 3. The summed E-state index contributed by atoms with van der Waals surface area (Å²) in [6.45, 7) is 4.85. The third-order valence-electron chi connectivity index (χ3n) is 17.9. The average molecular weight is 1210 g/mol. The second-order valence-corrected chi connectivity index (χ2v) is 27.7. The highest BCUT2D eigenvalue weighted by atomic mass is 16.7. The van der Waals surface area contributed by atoms with Crippen molar-refractivity contribution in [2.45, 2.75) is 424 Å². The van der Waals surface area contributed by atoms with Gasteiger partial charge in [-0.2, -0.15) is 0 Å². The van der Waals surface area contributed by atoms with Gasteiger partial charge in [0.1, 0.15) is 13.2 Å². The Labute approximate surface area is 530 Å². The molecule has 2 unspecified atom stereocenters. The van der Waals surface area contributed by atoms with E-state index in [0.717, 1.165) is 38.5 Å². The van der Waals surface area contributed by atoms with Crippen LogP contribution < -0.4 is 5.11 Å². The first-order valence-electron chi connectivity index (χ1n) is 38.2. The van der Waals surface area contributed by atoms with Gasteiger partial charge in [-0.25, -0.2) is 0 Å². The van der Waals surface area contributed by atoms with Crippen molar-refractivity contribution in [2.24, 2.45) is 0 Å². The largest absolute Gasteiger partial charge is 0.545 e. The minimum absolute atomic E-state index is 0.154. The molecular weight excluding hydrogens is 1050 g/mol. The predicted molar refractivity (Wildman–Crippen MR) is 362 cm³/mol. The number of likely N-dealkylation sites (N-methyl/N-ethyl adjacent to an activating group) is 1. The Bertz CT molecular complexity index is 1350. The zero-order valence-electron chi connectivity index (χ0n) is 58.0. The van der Waals surface area contributed by atoms with Crippen molar-refractivity contribution in [1.29, 1.82) is 0 Å². The van der Waals surface area contributed by atoms with Crippen molar-refractivity contribution in [2.75, 3.05) is 47.5 Å². The molecule has 9 nitrogen and oxygen atoms in total. The molecule has 9 heteroatoms. The van der Waals surface area contributed by atoms with E-state index in [0.29, 0.717) is 17.4 Å². The fraction of sp³-hybridized carbons (Fsp3) is 0.961. The average Bonchev–Trinajstić information content (AvgIpc) is 3.49. The Morgan fingerprint density at radius 3 is 0.753 bits per heavy atom. The molecule has 0 bridgehead atoms. The van der Waals surface area contributed by atoms with Crippen LogP contribution in [0.15, 0.2) is 0 Å². The van der Waals surface area contributed by atoms with E-state index in [4.69, 9.17) is 18.9 Å². The number of hydrogen-bond acceptors (Lipinski definition) is 8. The number of carbonyl (C=O) groups is 3. The number of aliphatic carboxylic acids is 1. The monoisotopic (exact) mass is 1200 g/mol. The molecule has 0 heterocycles. The van der Waals surface area contributed by atoms with Crippen LogP contribution in [0.3, 0.4) is 0 Å². The minimum atomic E-state index is -1.62. The topological polar surface area (TPSA) is 111 Å². The summed E-state index contributed by atoms with van der Waals surface area (Å²) in [6, 6.07) is 0. The second-order valence-electron chi connectivity index (χ2n) is 27.7. The smallest absolute Gasteiger partial charge is 0.306 e. The summed E-state index contributed by atoms with van der Waals surface area (Å²) in [5.74, 6) is -2.24. The van der Waals surface area contributed by atoms with E-state index < -0.39 is 24.3 Å². The molecule has 0 aromatic heterocycles. The first kappa shape index (κ1) is 83.3. The Balaban J connectivity index is 3.91. The maximum Gasteiger partial charge on any atom is 0.306 e. The van der Waals surface area contributed by atoms with Crippen LogP contribution in [0.25, 0.3) is 0 Å². The maximum absolute atomic E-state index is 12.9. The number of quaternary nitrogens is 1. The molecule has 85 heavy (non-hydrogen) atoms. The van der Waals surface area contributed by atoms with Crippen LogP contribution in [-0.4, -0.2) is 82.3 Å². The summed E-state index contributed by atoms with van der Waals surface area (Å²) in [7, 11) is 5.95. The van der Waals surface area contributed by atoms with E-state index in [1.165, 1.54) is 347 Å². The number of rotatable bonds is 73. The van der Waals surface area contributed by atoms with Gasteiger partial charge in [-0.3, -0.25) is 9.59 Å². The standard InChI is InChI=1S/C76H149NO8/c1-6-8-10-12-14-16-18-20-22-24-26-28-29-30-31-32-33-34-35-36-37-38-39-40-41-42-43-44-45-47-49-51-53-55-57-59-61-63-65-67-74(79)85-72(71-84-76(75(80)81)82-69-68-77(3,4)5)70-83-73(78)66-64-62-60-58-56-54-52-50-48-46-27-25-23-21-19-17-15-13-11-9-7-2/h72,76H,6-71H2,1-5H3.